The van der Waals surface area contributed by atoms with Crippen molar-refractivity contribution in [3.63, 3.8) is 0 Å². The molecule has 2 amide bonds. The Labute approximate surface area is 156 Å². The van der Waals surface area contributed by atoms with Crippen LogP contribution in [0.4, 0.5) is 17.1 Å². The van der Waals surface area contributed by atoms with Gasteiger partial charge in [0.2, 0.25) is 5.91 Å². The maximum atomic E-state index is 12.6. The summed E-state index contributed by atoms with van der Waals surface area (Å²) >= 11 is 0. The number of amides is 2. The highest BCUT2D eigenvalue weighted by molar-refractivity contribution is 6.10. The average Bonchev–Trinajstić information content (AvgIpc) is 2.69. The van der Waals surface area contributed by atoms with Gasteiger partial charge in [-0.25, -0.2) is 0 Å². The summed E-state index contributed by atoms with van der Waals surface area (Å²) in [6.07, 6.45) is 4.99. The second-order valence-electron chi connectivity index (χ2n) is 6.63. The highest BCUT2D eigenvalue weighted by Crippen LogP contribution is 2.26. The molecule has 2 aromatic rings. The fourth-order valence-corrected chi connectivity index (χ4v) is 3.29. The van der Waals surface area contributed by atoms with E-state index in [1.54, 1.807) is 30.3 Å². The maximum Gasteiger partial charge on any atom is 0.271 e. The fourth-order valence-electron chi connectivity index (χ4n) is 3.29. The number of hydrogen-bond donors (Lipinski definition) is 2. The predicted octanol–water partition coefficient (Wildman–Crippen LogP) is 4.37. The van der Waals surface area contributed by atoms with Crippen LogP contribution >= 0.6 is 0 Å². The summed E-state index contributed by atoms with van der Waals surface area (Å²) in [5.41, 5.74) is 0.971. The third-order valence-electron chi connectivity index (χ3n) is 4.72. The number of benzene rings is 2. The summed E-state index contributed by atoms with van der Waals surface area (Å²) in [4.78, 5) is 35.5. The van der Waals surface area contributed by atoms with Gasteiger partial charge in [-0.3, -0.25) is 19.7 Å². The minimum Gasteiger partial charge on any atom is -0.325 e. The van der Waals surface area contributed by atoms with Crippen LogP contribution in [0.5, 0.6) is 0 Å². The second-order valence-corrected chi connectivity index (χ2v) is 6.63. The van der Waals surface area contributed by atoms with Crippen LogP contribution in [0.1, 0.15) is 42.5 Å². The van der Waals surface area contributed by atoms with Crippen molar-refractivity contribution < 1.29 is 14.5 Å². The fraction of sp³-hybridized carbons (Fsp3) is 0.300. The van der Waals surface area contributed by atoms with Crippen LogP contribution in [0.25, 0.3) is 0 Å². The lowest BCUT2D eigenvalue weighted by Gasteiger charge is -2.21. The molecular formula is C20H21N3O4. The minimum absolute atomic E-state index is 0.0216. The van der Waals surface area contributed by atoms with Crippen molar-refractivity contribution in [3.8, 4) is 0 Å². The summed E-state index contributed by atoms with van der Waals surface area (Å²) in [6.45, 7) is 0. The highest BCUT2D eigenvalue weighted by Gasteiger charge is 2.22. The first kappa shape index (κ1) is 18.6. The third-order valence-corrected chi connectivity index (χ3v) is 4.72. The van der Waals surface area contributed by atoms with Crippen molar-refractivity contribution >= 4 is 28.9 Å². The number of rotatable bonds is 5. The lowest BCUT2D eigenvalue weighted by atomic mass is 9.88. The van der Waals surface area contributed by atoms with Gasteiger partial charge in [-0.05, 0) is 31.0 Å². The van der Waals surface area contributed by atoms with Crippen molar-refractivity contribution in [2.75, 3.05) is 10.6 Å². The molecule has 1 fully saturated rings. The normalized spacial score (nSPS) is 14.4. The number of non-ortho nitro benzene ring substituents is 1. The quantitative estimate of drug-likeness (QED) is 0.605. The van der Waals surface area contributed by atoms with Crippen molar-refractivity contribution in [2.24, 2.45) is 5.92 Å². The third kappa shape index (κ3) is 4.69. The number of anilines is 2. The molecular weight excluding hydrogens is 346 g/mol. The number of nitro groups is 1. The van der Waals surface area contributed by atoms with Crippen LogP contribution in [-0.2, 0) is 4.79 Å². The van der Waals surface area contributed by atoms with E-state index in [-0.39, 0.29) is 17.5 Å². The number of carbonyl (C=O) groups excluding carboxylic acids is 2. The van der Waals surface area contributed by atoms with Gasteiger partial charge in [0.1, 0.15) is 0 Å². The first-order valence-corrected chi connectivity index (χ1v) is 9.00. The standard InChI is InChI=1S/C20H21N3O4/c24-19(14-7-2-1-3-8-14)22-18-12-5-4-11-17(18)20(25)21-15-9-6-10-16(13-15)23(26)27/h4-6,9-14H,1-3,7-8H2,(H,21,25)(H,22,24). The number of nitrogens with one attached hydrogen (secondary N) is 2. The highest BCUT2D eigenvalue weighted by atomic mass is 16.6. The molecule has 0 bridgehead atoms. The SMILES string of the molecule is O=C(Nc1cccc([N+](=O)[O-])c1)c1ccccc1NC(=O)C1CCCCC1. The Morgan fingerprint density at radius 3 is 2.44 bits per heavy atom. The molecule has 3 rings (SSSR count). The molecule has 0 spiro atoms. The van der Waals surface area contributed by atoms with E-state index >= 15 is 0 Å². The Bertz CT molecular complexity index is 860. The molecule has 0 heterocycles. The Balaban J connectivity index is 1.74. The summed E-state index contributed by atoms with van der Waals surface area (Å²) in [6, 6.07) is 12.5. The predicted molar refractivity (Wildman–Crippen MR) is 103 cm³/mol. The number of nitrogens with zero attached hydrogens (tertiary/aromatic N) is 1. The van der Waals surface area contributed by atoms with E-state index in [4.69, 9.17) is 0 Å². The first-order valence-electron chi connectivity index (χ1n) is 9.00. The van der Waals surface area contributed by atoms with Gasteiger partial charge in [0.15, 0.2) is 0 Å². The molecule has 0 aliphatic heterocycles. The molecule has 0 radical (unpaired) electrons. The van der Waals surface area contributed by atoms with E-state index < -0.39 is 10.8 Å². The van der Waals surface area contributed by atoms with E-state index in [9.17, 15) is 19.7 Å². The zero-order valence-corrected chi connectivity index (χ0v) is 14.8. The van der Waals surface area contributed by atoms with Crippen LogP contribution < -0.4 is 10.6 Å². The Kier molecular flexibility index (Phi) is 5.80. The Hall–Kier alpha value is -3.22. The summed E-state index contributed by atoms with van der Waals surface area (Å²) in [5, 5.41) is 16.4. The maximum absolute atomic E-state index is 12.6. The molecule has 2 aromatic carbocycles. The monoisotopic (exact) mass is 367 g/mol. The van der Waals surface area contributed by atoms with Gasteiger partial charge >= 0.3 is 0 Å². The van der Waals surface area contributed by atoms with E-state index in [2.05, 4.69) is 10.6 Å². The van der Waals surface area contributed by atoms with Gasteiger partial charge in [0.25, 0.3) is 11.6 Å². The lowest BCUT2D eigenvalue weighted by molar-refractivity contribution is -0.384. The Morgan fingerprint density at radius 2 is 1.70 bits per heavy atom. The van der Waals surface area contributed by atoms with Crippen LogP contribution in [0.3, 0.4) is 0 Å². The van der Waals surface area contributed by atoms with Gasteiger partial charge in [0, 0.05) is 23.7 Å². The van der Waals surface area contributed by atoms with Gasteiger partial charge in [-0.2, -0.15) is 0 Å². The molecule has 0 atom stereocenters. The number of para-hydroxylation sites is 1. The van der Waals surface area contributed by atoms with Crippen LogP contribution in [0.2, 0.25) is 0 Å². The van der Waals surface area contributed by atoms with Crippen molar-refractivity contribution in [1.82, 2.24) is 0 Å². The molecule has 1 aliphatic rings. The number of hydrogen-bond acceptors (Lipinski definition) is 4. The van der Waals surface area contributed by atoms with Crippen LogP contribution in [-0.4, -0.2) is 16.7 Å². The molecule has 7 heteroatoms. The lowest BCUT2D eigenvalue weighted by Crippen LogP contribution is -2.26. The average molecular weight is 367 g/mol. The van der Waals surface area contributed by atoms with Gasteiger partial charge in [-0.1, -0.05) is 37.5 Å². The minimum atomic E-state index is -0.520. The summed E-state index contributed by atoms with van der Waals surface area (Å²) < 4.78 is 0. The zero-order chi connectivity index (χ0) is 19.2. The van der Waals surface area contributed by atoms with E-state index in [0.717, 1.165) is 32.1 Å². The molecule has 1 aliphatic carbocycles. The van der Waals surface area contributed by atoms with Gasteiger partial charge in [0.05, 0.1) is 16.2 Å². The van der Waals surface area contributed by atoms with Crippen LogP contribution in [0.15, 0.2) is 48.5 Å². The van der Waals surface area contributed by atoms with Crippen molar-refractivity contribution in [3.05, 3.63) is 64.2 Å². The molecule has 1 saturated carbocycles. The van der Waals surface area contributed by atoms with Crippen molar-refractivity contribution in [1.29, 1.82) is 0 Å². The molecule has 2 N–H and O–H groups in total. The van der Waals surface area contributed by atoms with E-state index in [0.29, 0.717) is 16.9 Å². The molecule has 7 nitrogen and oxygen atoms in total. The first-order chi connectivity index (χ1) is 13.0. The smallest absolute Gasteiger partial charge is 0.271 e. The van der Waals surface area contributed by atoms with E-state index in [1.807, 2.05) is 0 Å². The molecule has 0 aromatic heterocycles. The van der Waals surface area contributed by atoms with Crippen LogP contribution in [0, 0.1) is 16.0 Å². The number of nitro benzene ring substituents is 1. The Morgan fingerprint density at radius 1 is 0.963 bits per heavy atom. The van der Waals surface area contributed by atoms with E-state index in [1.165, 1.54) is 18.2 Å². The molecule has 0 saturated heterocycles. The molecule has 140 valence electrons. The largest absolute Gasteiger partial charge is 0.325 e. The summed E-state index contributed by atoms with van der Waals surface area (Å²) in [7, 11) is 0. The zero-order valence-electron chi connectivity index (χ0n) is 14.8. The van der Waals surface area contributed by atoms with Gasteiger partial charge < -0.3 is 10.6 Å². The molecule has 0 unspecified atom stereocenters. The summed E-state index contributed by atoms with van der Waals surface area (Å²) in [5.74, 6) is -0.521. The second kappa shape index (κ2) is 8.44. The topological polar surface area (TPSA) is 101 Å². The number of carbonyl (C=O) groups is 2. The molecule has 27 heavy (non-hydrogen) atoms. The van der Waals surface area contributed by atoms with Crippen molar-refractivity contribution in [2.45, 2.75) is 32.1 Å². The van der Waals surface area contributed by atoms with Gasteiger partial charge in [-0.15, -0.1) is 0 Å².